The Morgan fingerprint density at radius 2 is 2.05 bits per heavy atom. The number of nitriles is 1. The van der Waals surface area contributed by atoms with E-state index in [1.165, 1.54) is 0 Å². The third kappa shape index (κ3) is 2.26. The second kappa shape index (κ2) is 5.14. The zero-order valence-corrected chi connectivity index (χ0v) is 11.3. The van der Waals surface area contributed by atoms with Gasteiger partial charge in [0.25, 0.3) is 0 Å². The summed E-state index contributed by atoms with van der Waals surface area (Å²) in [5, 5.41) is 10.1. The van der Waals surface area contributed by atoms with Crippen molar-refractivity contribution in [2.75, 3.05) is 7.11 Å². The number of carbonyl (C=O) groups is 1. The van der Waals surface area contributed by atoms with Gasteiger partial charge < -0.3 is 9.15 Å². The molecule has 1 aromatic heterocycles. The van der Waals surface area contributed by atoms with Crippen LogP contribution in [0.25, 0.3) is 22.3 Å². The number of carbonyl (C=O) groups excluding carboxylic acids is 1. The van der Waals surface area contributed by atoms with Crippen LogP contribution < -0.4 is 4.74 Å². The van der Waals surface area contributed by atoms with Crippen LogP contribution in [0.5, 0.6) is 5.75 Å². The maximum atomic E-state index is 10.9. The predicted molar refractivity (Wildman–Crippen MR) is 78.3 cm³/mol. The maximum absolute atomic E-state index is 10.9. The number of aldehydes is 1. The Balaban J connectivity index is 2.20. The SMILES string of the molecule is COc1ccc2oc(-c3cc(C=O)ccc3C#N)cc2c1. The van der Waals surface area contributed by atoms with Crippen LogP contribution >= 0.6 is 0 Å². The number of ether oxygens (including phenoxy) is 1. The van der Waals surface area contributed by atoms with Crippen LogP contribution in [-0.4, -0.2) is 13.4 Å². The predicted octanol–water partition coefficient (Wildman–Crippen LogP) is 3.79. The smallest absolute Gasteiger partial charge is 0.150 e. The summed E-state index contributed by atoms with van der Waals surface area (Å²) in [6, 6.07) is 14.3. The van der Waals surface area contributed by atoms with Gasteiger partial charge in [-0.2, -0.15) is 5.26 Å². The van der Waals surface area contributed by atoms with Crippen molar-refractivity contribution in [1.29, 1.82) is 5.26 Å². The molecule has 3 aromatic rings. The van der Waals surface area contributed by atoms with Crippen LogP contribution in [0.4, 0.5) is 0 Å². The van der Waals surface area contributed by atoms with Crippen LogP contribution in [0, 0.1) is 11.3 Å². The van der Waals surface area contributed by atoms with Gasteiger partial charge in [-0.15, -0.1) is 0 Å². The first-order valence-corrected chi connectivity index (χ1v) is 6.32. The molecule has 0 aliphatic rings. The molecule has 4 nitrogen and oxygen atoms in total. The summed E-state index contributed by atoms with van der Waals surface area (Å²) >= 11 is 0. The second-order valence-electron chi connectivity index (χ2n) is 4.55. The molecule has 0 fully saturated rings. The highest BCUT2D eigenvalue weighted by atomic mass is 16.5. The number of rotatable bonds is 3. The average molecular weight is 277 g/mol. The van der Waals surface area contributed by atoms with Crippen molar-refractivity contribution < 1.29 is 13.9 Å². The lowest BCUT2D eigenvalue weighted by molar-refractivity contribution is 0.112. The Morgan fingerprint density at radius 1 is 1.19 bits per heavy atom. The minimum atomic E-state index is 0.464. The van der Waals surface area contributed by atoms with Gasteiger partial charge in [0.2, 0.25) is 0 Å². The van der Waals surface area contributed by atoms with Gasteiger partial charge in [0.15, 0.2) is 0 Å². The van der Waals surface area contributed by atoms with Gasteiger partial charge in [0.1, 0.15) is 23.4 Å². The molecule has 0 atom stereocenters. The summed E-state index contributed by atoms with van der Waals surface area (Å²) in [5.41, 5.74) is 2.28. The van der Waals surface area contributed by atoms with E-state index in [-0.39, 0.29) is 0 Å². The van der Waals surface area contributed by atoms with Gasteiger partial charge in [-0.3, -0.25) is 4.79 Å². The molecule has 2 aromatic carbocycles. The third-order valence-electron chi connectivity index (χ3n) is 3.29. The summed E-state index contributed by atoms with van der Waals surface area (Å²) < 4.78 is 11.0. The number of nitrogens with zero attached hydrogens (tertiary/aromatic N) is 1. The zero-order chi connectivity index (χ0) is 14.8. The van der Waals surface area contributed by atoms with Crippen molar-refractivity contribution in [3.63, 3.8) is 0 Å². The second-order valence-corrected chi connectivity index (χ2v) is 4.55. The number of hydrogen-bond acceptors (Lipinski definition) is 4. The van der Waals surface area contributed by atoms with Crippen LogP contribution in [0.3, 0.4) is 0 Å². The zero-order valence-electron chi connectivity index (χ0n) is 11.3. The molecule has 0 unspecified atom stereocenters. The molecule has 0 saturated heterocycles. The number of fused-ring (bicyclic) bond motifs is 1. The summed E-state index contributed by atoms with van der Waals surface area (Å²) in [6.07, 6.45) is 0.746. The van der Waals surface area contributed by atoms with Crippen molar-refractivity contribution >= 4 is 17.3 Å². The van der Waals surface area contributed by atoms with Crippen LogP contribution in [0.15, 0.2) is 46.9 Å². The number of methoxy groups -OCH3 is 1. The molecule has 0 radical (unpaired) electrons. The number of hydrogen-bond donors (Lipinski definition) is 0. The van der Waals surface area contributed by atoms with Gasteiger partial charge in [-0.25, -0.2) is 0 Å². The van der Waals surface area contributed by atoms with Crippen molar-refractivity contribution in [2.45, 2.75) is 0 Å². The monoisotopic (exact) mass is 277 g/mol. The van der Waals surface area contributed by atoms with Crippen LogP contribution in [-0.2, 0) is 0 Å². The summed E-state index contributed by atoms with van der Waals surface area (Å²) in [7, 11) is 1.60. The van der Waals surface area contributed by atoms with E-state index < -0.39 is 0 Å². The summed E-state index contributed by atoms with van der Waals surface area (Å²) in [4.78, 5) is 10.9. The first-order chi connectivity index (χ1) is 10.2. The average Bonchev–Trinajstić information content (AvgIpc) is 2.96. The van der Waals surface area contributed by atoms with Gasteiger partial charge in [0.05, 0.1) is 18.7 Å². The lowest BCUT2D eigenvalue weighted by Crippen LogP contribution is -1.86. The molecular weight excluding hydrogens is 266 g/mol. The Morgan fingerprint density at radius 3 is 2.76 bits per heavy atom. The minimum Gasteiger partial charge on any atom is -0.497 e. The van der Waals surface area contributed by atoms with E-state index in [1.54, 1.807) is 25.3 Å². The van der Waals surface area contributed by atoms with Gasteiger partial charge in [-0.05, 0) is 36.4 Å². The van der Waals surface area contributed by atoms with E-state index in [1.807, 2.05) is 24.3 Å². The minimum absolute atomic E-state index is 0.464. The van der Waals surface area contributed by atoms with E-state index >= 15 is 0 Å². The first-order valence-electron chi connectivity index (χ1n) is 6.32. The molecule has 0 aliphatic heterocycles. The summed E-state index contributed by atoms with van der Waals surface area (Å²) in [5.74, 6) is 1.29. The Bertz CT molecular complexity index is 871. The van der Waals surface area contributed by atoms with E-state index in [0.29, 0.717) is 28.0 Å². The Labute approximate surface area is 121 Å². The molecule has 1 heterocycles. The van der Waals surface area contributed by atoms with Crippen LogP contribution in [0.2, 0.25) is 0 Å². The Kier molecular flexibility index (Phi) is 3.17. The highest BCUT2D eigenvalue weighted by molar-refractivity contribution is 5.87. The molecule has 3 rings (SSSR count). The highest BCUT2D eigenvalue weighted by Gasteiger charge is 2.12. The lowest BCUT2D eigenvalue weighted by Gasteiger charge is -2.00. The van der Waals surface area contributed by atoms with E-state index in [0.717, 1.165) is 17.4 Å². The largest absolute Gasteiger partial charge is 0.497 e. The molecular formula is C17H11NO3. The van der Waals surface area contributed by atoms with Gasteiger partial charge in [-0.1, -0.05) is 6.07 Å². The quantitative estimate of drug-likeness (QED) is 0.683. The standard InChI is InChI=1S/C17H11NO3/c1-20-14-4-5-16-13(7-14)8-17(21-16)15-6-11(10-19)2-3-12(15)9-18/h2-8,10H,1H3. The number of furan rings is 1. The molecule has 0 aliphatic carbocycles. The fourth-order valence-corrected chi connectivity index (χ4v) is 2.22. The van der Waals surface area contributed by atoms with Crippen molar-refractivity contribution in [3.05, 3.63) is 53.6 Å². The third-order valence-corrected chi connectivity index (χ3v) is 3.29. The molecule has 0 amide bonds. The van der Waals surface area contributed by atoms with Crippen LogP contribution in [0.1, 0.15) is 15.9 Å². The topological polar surface area (TPSA) is 63.2 Å². The molecule has 0 N–H and O–H groups in total. The molecule has 4 heteroatoms. The molecule has 102 valence electrons. The van der Waals surface area contributed by atoms with E-state index in [2.05, 4.69) is 6.07 Å². The molecule has 0 bridgehead atoms. The highest BCUT2D eigenvalue weighted by Crippen LogP contribution is 2.32. The van der Waals surface area contributed by atoms with Crippen molar-refractivity contribution in [1.82, 2.24) is 0 Å². The molecule has 21 heavy (non-hydrogen) atoms. The van der Waals surface area contributed by atoms with Crippen molar-refractivity contribution in [3.8, 4) is 23.1 Å². The molecule has 0 spiro atoms. The maximum Gasteiger partial charge on any atom is 0.150 e. The lowest BCUT2D eigenvalue weighted by atomic mass is 10.0. The Hall–Kier alpha value is -3.06. The van der Waals surface area contributed by atoms with Gasteiger partial charge in [0, 0.05) is 16.5 Å². The normalized spacial score (nSPS) is 10.3. The van der Waals surface area contributed by atoms with E-state index in [9.17, 15) is 10.1 Å². The number of benzene rings is 2. The molecule has 0 saturated carbocycles. The van der Waals surface area contributed by atoms with Crippen molar-refractivity contribution in [2.24, 2.45) is 0 Å². The fraction of sp³-hybridized carbons (Fsp3) is 0.0588. The first kappa shape index (κ1) is 12.9. The fourth-order valence-electron chi connectivity index (χ4n) is 2.22. The summed E-state index contributed by atoms with van der Waals surface area (Å²) in [6.45, 7) is 0. The van der Waals surface area contributed by atoms with E-state index in [4.69, 9.17) is 9.15 Å². The van der Waals surface area contributed by atoms with Gasteiger partial charge >= 0.3 is 0 Å².